The zero-order chi connectivity index (χ0) is 16.7. The molecule has 0 spiro atoms. The molecule has 1 unspecified atom stereocenters. The fourth-order valence-corrected chi connectivity index (χ4v) is 2.40. The van der Waals surface area contributed by atoms with E-state index in [0.29, 0.717) is 10.6 Å². The molecule has 1 atom stereocenters. The lowest BCUT2D eigenvalue weighted by atomic mass is 10.0. The summed E-state index contributed by atoms with van der Waals surface area (Å²) in [4.78, 5) is 23.2. The number of nitrogens with two attached hydrogens (primary N) is 1. The van der Waals surface area contributed by atoms with Crippen LogP contribution in [-0.2, 0) is 16.1 Å². The molecule has 5 nitrogen and oxygen atoms in total. The Balaban J connectivity index is 2.01. The van der Waals surface area contributed by atoms with E-state index in [4.69, 9.17) is 22.1 Å². The van der Waals surface area contributed by atoms with E-state index in [2.05, 4.69) is 5.32 Å². The van der Waals surface area contributed by atoms with Crippen LogP contribution in [0.2, 0.25) is 5.02 Å². The average molecular weight is 333 g/mol. The Morgan fingerprint density at radius 2 is 1.74 bits per heavy atom. The van der Waals surface area contributed by atoms with Crippen LogP contribution in [-0.4, -0.2) is 12.0 Å². The molecule has 0 aliphatic heterocycles. The van der Waals surface area contributed by atoms with Crippen LogP contribution in [0.5, 0.6) is 0 Å². The molecule has 0 radical (unpaired) electrons. The van der Waals surface area contributed by atoms with Crippen LogP contribution in [0.4, 0.5) is 4.79 Å². The SMILES string of the molecule is NC(=O)NC(CC(=O)OCc1ccccc1)c1ccccc1Cl. The number of benzene rings is 2. The first-order valence-corrected chi connectivity index (χ1v) is 7.44. The lowest BCUT2D eigenvalue weighted by Gasteiger charge is -2.18. The zero-order valence-electron chi connectivity index (χ0n) is 12.4. The molecule has 0 aliphatic carbocycles. The van der Waals surface area contributed by atoms with Gasteiger partial charge in [0, 0.05) is 5.02 Å². The number of amides is 2. The van der Waals surface area contributed by atoms with Gasteiger partial charge in [-0.25, -0.2) is 4.79 Å². The Labute approximate surface area is 139 Å². The Hall–Kier alpha value is -2.53. The Morgan fingerprint density at radius 1 is 1.09 bits per heavy atom. The van der Waals surface area contributed by atoms with E-state index in [-0.39, 0.29) is 13.0 Å². The number of halogens is 1. The molecule has 2 aromatic rings. The van der Waals surface area contributed by atoms with E-state index in [1.165, 1.54) is 0 Å². The minimum Gasteiger partial charge on any atom is -0.461 e. The summed E-state index contributed by atoms with van der Waals surface area (Å²) < 4.78 is 5.23. The van der Waals surface area contributed by atoms with Crippen molar-refractivity contribution >= 4 is 23.6 Å². The number of urea groups is 1. The Bertz CT molecular complexity index is 677. The van der Waals surface area contributed by atoms with Crippen molar-refractivity contribution in [3.05, 3.63) is 70.7 Å². The molecule has 0 aliphatic rings. The third-order valence-corrected chi connectivity index (χ3v) is 3.55. The molecule has 2 rings (SSSR count). The average Bonchev–Trinajstić information content (AvgIpc) is 2.53. The van der Waals surface area contributed by atoms with Crippen LogP contribution in [0.25, 0.3) is 0 Å². The van der Waals surface area contributed by atoms with Gasteiger partial charge in [0.1, 0.15) is 6.61 Å². The highest BCUT2D eigenvalue weighted by Crippen LogP contribution is 2.25. The van der Waals surface area contributed by atoms with Crippen molar-refractivity contribution < 1.29 is 14.3 Å². The molecule has 0 aromatic heterocycles. The van der Waals surface area contributed by atoms with Gasteiger partial charge < -0.3 is 15.8 Å². The van der Waals surface area contributed by atoms with Crippen molar-refractivity contribution in [2.24, 2.45) is 5.73 Å². The predicted octanol–water partition coefficient (Wildman–Crippen LogP) is 3.18. The third kappa shape index (κ3) is 5.30. The molecule has 0 saturated carbocycles. The number of nitrogens with one attached hydrogen (secondary N) is 1. The van der Waals surface area contributed by atoms with Crippen molar-refractivity contribution in [1.82, 2.24) is 5.32 Å². The van der Waals surface area contributed by atoms with Crippen molar-refractivity contribution in [3.8, 4) is 0 Å². The largest absolute Gasteiger partial charge is 0.461 e. The Morgan fingerprint density at radius 3 is 2.39 bits per heavy atom. The summed E-state index contributed by atoms with van der Waals surface area (Å²) in [6, 6.07) is 14.9. The molecule has 0 bridgehead atoms. The summed E-state index contributed by atoms with van der Waals surface area (Å²) in [5.41, 5.74) is 6.68. The number of esters is 1. The number of carbonyl (C=O) groups excluding carboxylic acids is 2. The quantitative estimate of drug-likeness (QED) is 0.797. The summed E-state index contributed by atoms with van der Waals surface area (Å²) in [5, 5.41) is 2.97. The molecule has 2 aromatic carbocycles. The van der Waals surface area contributed by atoms with Crippen molar-refractivity contribution in [2.75, 3.05) is 0 Å². The minimum atomic E-state index is -0.731. The smallest absolute Gasteiger partial charge is 0.312 e. The maximum Gasteiger partial charge on any atom is 0.312 e. The molecule has 0 saturated heterocycles. The van der Waals surface area contributed by atoms with E-state index in [1.807, 2.05) is 30.3 Å². The van der Waals surface area contributed by atoms with Gasteiger partial charge in [-0.15, -0.1) is 0 Å². The van der Waals surface area contributed by atoms with Crippen LogP contribution in [0.15, 0.2) is 54.6 Å². The van der Waals surface area contributed by atoms with Gasteiger partial charge in [0.2, 0.25) is 0 Å². The summed E-state index contributed by atoms with van der Waals surface area (Å²) in [7, 11) is 0. The summed E-state index contributed by atoms with van der Waals surface area (Å²) in [5.74, 6) is -0.451. The van der Waals surface area contributed by atoms with Gasteiger partial charge in [-0.2, -0.15) is 0 Å². The van der Waals surface area contributed by atoms with Gasteiger partial charge in [0.05, 0.1) is 12.5 Å². The number of ether oxygens (including phenoxy) is 1. The van der Waals surface area contributed by atoms with Crippen LogP contribution in [0.3, 0.4) is 0 Å². The van der Waals surface area contributed by atoms with Gasteiger partial charge in [0.25, 0.3) is 0 Å². The van der Waals surface area contributed by atoms with Gasteiger partial charge in [0.15, 0.2) is 0 Å². The van der Waals surface area contributed by atoms with E-state index in [9.17, 15) is 9.59 Å². The second kappa shape index (κ2) is 8.19. The standard InChI is InChI=1S/C17H17ClN2O3/c18-14-9-5-4-8-13(14)15(20-17(19)22)10-16(21)23-11-12-6-2-1-3-7-12/h1-9,15H,10-11H2,(H3,19,20,22). The third-order valence-electron chi connectivity index (χ3n) is 3.21. The van der Waals surface area contributed by atoms with Gasteiger partial charge in [-0.3, -0.25) is 4.79 Å². The van der Waals surface area contributed by atoms with Gasteiger partial charge in [-0.05, 0) is 17.2 Å². The number of primary amides is 1. The maximum atomic E-state index is 12.0. The monoisotopic (exact) mass is 332 g/mol. The molecular formula is C17H17ClN2O3. The topological polar surface area (TPSA) is 81.4 Å². The van der Waals surface area contributed by atoms with Crippen LogP contribution < -0.4 is 11.1 Å². The molecule has 120 valence electrons. The highest BCUT2D eigenvalue weighted by molar-refractivity contribution is 6.31. The molecular weight excluding hydrogens is 316 g/mol. The first kappa shape index (κ1) is 16.8. The lowest BCUT2D eigenvalue weighted by Crippen LogP contribution is -2.34. The highest BCUT2D eigenvalue weighted by Gasteiger charge is 2.20. The van der Waals surface area contributed by atoms with E-state index in [1.54, 1.807) is 24.3 Å². The highest BCUT2D eigenvalue weighted by atomic mass is 35.5. The maximum absolute atomic E-state index is 12.0. The first-order valence-electron chi connectivity index (χ1n) is 7.06. The minimum absolute atomic E-state index is 0.0560. The van der Waals surface area contributed by atoms with E-state index in [0.717, 1.165) is 5.56 Å². The Kier molecular flexibility index (Phi) is 6.00. The number of rotatable bonds is 6. The summed E-state index contributed by atoms with van der Waals surface area (Å²) >= 11 is 6.11. The normalized spacial score (nSPS) is 11.5. The molecule has 0 heterocycles. The van der Waals surface area contributed by atoms with Crippen molar-refractivity contribution in [3.63, 3.8) is 0 Å². The van der Waals surface area contributed by atoms with E-state index >= 15 is 0 Å². The molecule has 0 fully saturated rings. The molecule has 23 heavy (non-hydrogen) atoms. The number of hydrogen-bond acceptors (Lipinski definition) is 3. The second-order valence-corrected chi connectivity index (χ2v) is 5.34. The molecule has 6 heteroatoms. The number of hydrogen-bond donors (Lipinski definition) is 2. The zero-order valence-corrected chi connectivity index (χ0v) is 13.1. The summed E-state index contributed by atoms with van der Waals surface area (Å²) in [6.45, 7) is 0.172. The van der Waals surface area contributed by atoms with Gasteiger partial charge in [-0.1, -0.05) is 60.1 Å². The predicted molar refractivity (Wildman–Crippen MR) is 87.8 cm³/mol. The van der Waals surface area contributed by atoms with Crippen molar-refractivity contribution in [1.29, 1.82) is 0 Å². The molecule has 2 amide bonds. The first-order chi connectivity index (χ1) is 11.1. The van der Waals surface area contributed by atoms with Crippen molar-refractivity contribution in [2.45, 2.75) is 19.1 Å². The lowest BCUT2D eigenvalue weighted by molar-refractivity contribution is -0.145. The van der Waals surface area contributed by atoms with Crippen LogP contribution in [0, 0.1) is 0 Å². The fraction of sp³-hybridized carbons (Fsp3) is 0.176. The fourth-order valence-electron chi connectivity index (χ4n) is 2.13. The number of carbonyl (C=O) groups is 2. The van der Waals surface area contributed by atoms with Crippen LogP contribution in [0.1, 0.15) is 23.6 Å². The summed E-state index contributed by atoms with van der Waals surface area (Å²) in [6.07, 6.45) is -0.0560. The second-order valence-electron chi connectivity index (χ2n) is 4.93. The van der Waals surface area contributed by atoms with Crippen LogP contribution >= 0.6 is 11.6 Å². The van der Waals surface area contributed by atoms with E-state index < -0.39 is 18.0 Å². The van der Waals surface area contributed by atoms with Gasteiger partial charge >= 0.3 is 12.0 Å². The molecule has 3 N–H and O–H groups in total.